The molecule has 1 aliphatic carbocycles. The molecule has 2 rings (SSSR count). The van der Waals surface area contributed by atoms with Crippen LogP contribution in [0.4, 0.5) is 0 Å². The molecule has 1 saturated carbocycles. The van der Waals surface area contributed by atoms with E-state index in [9.17, 15) is 0 Å². The van der Waals surface area contributed by atoms with Gasteiger partial charge in [0.2, 0.25) is 0 Å². The summed E-state index contributed by atoms with van der Waals surface area (Å²) in [5.74, 6) is 0.441. The van der Waals surface area contributed by atoms with E-state index >= 15 is 0 Å². The number of hydrogen-bond acceptors (Lipinski definition) is 2. The van der Waals surface area contributed by atoms with Crippen LogP contribution in [-0.4, -0.2) is 24.4 Å². The summed E-state index contributed by atoms with van der Waals surface area (Å²) in [7, 11) is 0. The maximum absolute atomic E-state index is 6.11. The fourth-order valence-electron chi connectivity index (χ4n) is 2.98. The number of epoxide rings is 1. The van der Waals surface area contributed by atoms with Crippen molar-refractivity contribution >= 4 is 0 Å². The molecule has 1 heterocycles. The zero-order valence-electron chi connectivity index (χ0n) is 12.2. The zero-order chi connectivity index (χ0) is 13.4. The third-order valence-electron chi connectivity index (χ3n) is 4.33. The molecule has 2 aliphatic rings. The van der Waals surface area contributed by atoms with Gasteiger partial charge in [-0.3, -0.25) is 0 Å². The van der Waals surface area contributed by atoms with E-state index in [1.54, 1.807) is 0 Å². The van der Waals surface area contributed by atoms with Gasteiger partial charge in [-0.05, 0) is 47.0 Å². The molecule has 1 aliphatic heterocycles. The van der Waals surface area contributed by atoms with Gasteiger partial charge in [-0.1, -0.05) is 23.8 Å². The topological polar surface area (TPSA) is 21.8 Å². The Hall–Kier alpha value is -0.600. The van der Waals surface area contributed by atoms with E-state index in [0.29, 0.717) is 12.5 Å². The molecule has 0 bridgehead atoms. The highest BCUT2D eigenvalue weighted by Gasteiger charge is 2.58. The quantitative estimate of drug-likeness (QED) is 0.558. The van der Waals surface area contributed by atoms with E-state index in [4.69, 9.17) is 9.47 Å². The standard InChI is InChI=1S/C16H26O2/c1-12(2)7-9-17-15(4,5)14-10-13(3)6-8-16(14)11-18-16/h7,14H,3,6,8-11H2,1-2,4-5H3. The van der Waals surface area contributed by atoms with Crippen LogP contribution in [0, 0.1) is 5.92 Å². The first-order chi connectivity index (χ1) is 8.36. The maximum atomic E-state index is 6.11. The summed E-state index contributed by atoms with van der Waals surface area (Å²) < 4.78 is 11.9. The lowest BCUT2D eigenvalue weighted by Gasteiger charge is -2.41. The first kappa shape index (κ1) is 13.8. The summed E-state index contributed by atoms with van der Waals surface area (Å²) in [6.07, 6.45) is 5.41. The molecule has 0 radical (unpaired) electrons. The van der Waals surface area contributed by atoms with Gasteiger partial charge >= 0.3 is 0 Å². The Morgan fingerprint density at radius 2 is 2.22 bits per heavy atom. The first-order valence-electron chi connectivity index (χ1n) is 6.94. The monoisotopic (exact) mass is 250 g/mol. The molecule has 2 atom stereocenters. The van der Waals surface area contributed by atoms with Gasteiger partial charge in [0.25, 0.3) is 0 Å². The molecule has 1 saturated heterocycles. The van der Waals surface area contributed by atoms with E-state index in [-0.39, 0.29) is 11.2 Å². The van der Waals surface area contributed by atoms with Crippen molar-refractivity contribution in [2.24, 2.45) is 5.92 Å². The molecule has 2 unspecified atom stereocenters. The molecular formula is C16H26O2. The highest BCUT2D eigenvalue weighted by molar-refractivity contribution is 5.16. The SMILES string of the molecule is C=C1CCC2(CO2)C(C(C)(C)OCC=C(C)C)C1. The smallest absolute Gasteiger partial charge is 0.0977 e. The predicted molar refractivity (Wildman–Crippen MR) is 74.6 cm³/mol. The highest BCUT2D eigenvalue weighted by Crippen LogP contribution is 2.52. The van der Waals surface area contributed by atoms with E-state index in [0.717, 1.165) is 25.9 Å². The average molecular weight is 250 g/mol. The maximum Gasteiger partial charge on any atom is 0.0977 e. The van der Waals surface area contributed by atoms with E-state index < -0.39 is 0 Å². The normalized spacial score (nSPS) is 31.6. The van der Waals surface area contributed by atoms with Crippen molar-refractivity contribution in [1.29, 1.82) is 0 Å². The summed E-state index contributed by atoms with van der Waals surface area (Å²) in [4.78, 5) is 0. The van der Waals surface area contributed by atoms with Crippen molar-refractivity contribution < 1.29 is 9.47 Å². The third-order valence-corrected chi connectivity index (χ3v) is 4.33. The Balaban J connectivity index is 2.02. The second kappa shape index (κ2) is 4.82. The van der Waals surface area contributed by atoms with Gasteiger partial charge in [0.15, 0.2) is 0 Å². The van der Waals surface area contributed by atoms with Crippen molar-refractivity contribution in [3.8, 4) is 0 Å². The number of allylic oxidation sites excluding steroid dienone is 2. The predicted octanol–water partition coefficient (Wildman–Crippen LogP) is 3.87. The Kier molecular flexibility index (Phi) is 3.70. The molecule has 0 aromatic rings. The lowest BCUT2D eigenvalue weighted by Crippen LogP contribution is -2.46. The van der Waals surface area contributed by atoms with Crippen LogP contribution >= 0.6 is 0 Å². The molecule has 0 aromatic carbocycles. The first-order valence-corrected chi connectivity index (χ1v) is 6.94. The van der Waals surface area contributed by atoms with Crippen LogP contribution in [0.3, 0.4) is 0 Å². The van der Waals surface area contributed by atoms with Crippen molar-refractivity contribution in [3.63, 3.8) is 0 Å². The fourth-order valence-corrected chi connectivity index (χ4v) is 2.98. The Morgan fingerprint density at radius 3 is 2.78 bits per heavy atom. The van der Waals surface area contributed by atoms with Crippen LogP contribution in [0.1, 0.15) is 47.0 Å². The van der Waals surface area contributed by atoms with Gasteiger partial charge in [0.05, 0.1) is 24.4 Å². The van der Waals surface area contributed by atoms with Crippen molar-refractivity contribution in [1.82, 2.24) is 0 Å². The number of hydrogen-bond donors (Lipinski definition) is 0. The largest absolute Gasteiger partial charge is 0.371 e. The Labute approximate surface area is 111 Å². The molecule has 2 heteroatoms. The molecule has 2 fully saturated rings. The lowest BCUT2D eigenvalue weighted by molar-refractivity contribution is -0.0781. The summed E-state index contributed by atoms with van der Waals surface area (Å²) in [6, 6.07) is 0. The van der Waals surface area contributed by atoms with Crippen LogP contribution in [0.15, 0.2) is 23.8 Å². The van der Waals surface area contributed by atoms with Crippen molar-refractivity contribution in [3.05, 3.63) is 23.8 Å². The molecule has 0 amide bonds. The minimum atomic E-state index is -0.147. The molecule has 2 nitrogen and oxygen atoms in total. The van der Waals surface area contributed by atoms with E-state index in [1.165, 1.54) is 11.1 Å². The van der Waals surface area contributed by atoms with Gasteiger partial charge in [-0.15, -0.1) is 0 Å². The van der Waals surface area contributed by atoms with Crippen LogP contribution in [-0.2, 0) is 9.47 Å². The molecule has 1 spiro atoms. The van der Waals surface area contributed by atoms with Gasteiger partial charge in [0.1, 0.15) is 0 Å². The van der Waals surface area contributed by atoms with Gasteiger partial charge < -0.3 is 9.47 Å². The van der Waals surface area contributed by atoms with Crippen LogP contribution < -0.4 is 0 Å². The van der Waals surface area contributed by atoms with Crippen molar-refractivity contribution in [2.45, 2.75) is 58.2 Å². The van der Waals surface area contributed by atoms with Crippen LogP contribution in [0.2, 0.25) is 0 Å². The summed E-state index contributed by atoms with van der Waals surface area (Å²) >= 11 is 0. The van der Waals surface area contributed by atoms with Crippen molar-refractivity contribution in [2.75, 3.05) is 13.2 Å². The van der Waals surface area contributed by atoms with Crippen LogP contribution in [0.25, 0.3) is 0 Å². The summed E-state index contributed by atoms with van der Waals surface area (Å²) in [6.45, 7) is 14.3. The van der Waals surface area contributed by atoms with Crippen LogP contribution in [0.5, 0.6) is 0 Å². The zero-order valence-corrected chi connectivity index (χ0v) is 12.2. The Bertz CT molecular complexity index is 357. The molecule has 102 valence electrons. The molecule has 0 aromatic heterocycles. The van der Waals surface area contributed by atoms with Gasteiger partial charge in [-0.25, -0.2) is 0 Å². The van der Waals surface area contributed by atoms with E-state index in [2.05, 4.69) is 40.3 Å². The molecule has 0 N–H and O–H groups in total. The highest BCUT2D eigenvalue weighted by atomic mass is 16.6. The third kappa shape index (κ3) is 2.86. The van der Waals surface area contributed by atoms with E-state index in [1.807, 2.05) is 0 Å². The van der Waals surface area contributed by atoms with Gasteiger partial charge in [-0.2, -0.15) is 0 Å². The minimum absolute atomic E-state index is 0.0929. The number of ether oxygens (including phenoxy) is 2. The Morgan fingerprint density at radius 1 is 1.56 bits per heavy atom. The molecular weight excluding hydrogens is 224 g/mol. The fraction of sp³-hybridized carbons (Fsp3) is 0.750. The second-order valence-electron chi connectivity index (χ2n) is 6.56. The minimum Gasteiger partial charge on any atom is -0.371 e. The summed E-state index contributed by atoms with van der Waals surface area (Å²) in [5.41, 5.74) is 2.60. The number of rotatable bonds is 4. The molecule has 18 heavy (non-hydrogen) atoms. The lowest BCUT2D eigenvalue weighted by atomic mass is 9.70. The average Bonchev–Trinajstić information content (AvgIpc) is 3.02. The second-order valence-corrected chi connectivity index (χ2v) is 6.56. The summed E-state index contributed by atoms with van der Waals surface area (Å²) in [5, 5.41) is 0. The van der Waals surface area contributed by atoms with Gasteiger partial charge in [0, 0.05) is 5.92 Å².